The molecule has 16 heavy (non-hydrogen) atoms. The second-order valence-electron chi connectivity index (χ2n) is 3.55. The van der Waals surface area contributed by atoms with Gasteiger partial charge in [0.2, 0.25) is 0 Å². The zero-order valence-corrected chi connectivity index (χ0v) is 9.92. The van der Waals surface area contributed by atoms with E-state index in [4.69, 9.17) is 16.0 Å². The Morgan fingerprint density at radius 2 is 1.88 bits per heavy atom. The van der Waals surface area contributed by atoms with Gasteiger partial charge in [0, 0.05) is 10.6 Å². The maximum atomic E-state index is 5.83. The number of hydrogen-bond donors (Lipinski definition) is 1. The summed E-state index contributed by atoms with van der Waals surface area (Å²) >= 11 is 5.83. The summed E-state index contributed by atoms with van der Waals surface area (Å²) in [6.45, 7) is 3.78. The molecule has 0 bridgehead atoms. The first-order chi connectivity index (χ1) is 7.79. The van der Waals surface area contributed by atoms with Gasteiger partial charge in [0.25, 0.3) is 0 Å². The van der Waals surface area contributed by atoms with Crippen LogP contribution in [0.3, 0.4) is 0 Å². The van der Waals surface area contributed by atoms with Crippen LogP contribution < -0.4 is 5.32 Å². The lowest BCUT2D eigenvalue weighted by Crippen LogP contribution is -2.10. The van der Waals surface area contributed by atoms with Crippen molar-refractivity contribution in [2.24, 2.45) is 0 Å². The molecule has 0 saturated heterocycles. The van der Waals surface area contributed by atoms with Crippen molar-refractivity contribution in [2.75, 3.05) is 6.54 Å². The summed E-state index contributed by atoms with van der Waals surface area (Å²) in [6, 6.07) is 11.6. The summed E-state index contributed by atoms with van der Waals surface area (Å²) in [4.78, 5) is 0. The third-order valence-electron chi connectivity index (χ3n) is 2.34. The van der Waals surface area contributed by atoms with E-state index in [-0.39, 0.29) is 0 Å². The highest BCUT2D eigenvalue weighted by Crippen LogP contribution is 2.23. The zero-order valence-electron chi connectivity index (χ0n) is 9.16. The van der Waals surface area contributed by atoms with Crippen LogP contribution in [-0.2, 0) is 6.54 Å². The van der Waals surface area contributed by atoms with Crippen LogP contribution in [-0.4, -0.2) is 6.54 Å². The molecule has 0 radical (unpaired) electrons. The third-order valence-corrected chi connectivity index (χ3v) is 2.59. The summed E-state index contributed by atoms with van der Waals surface area (Å²) in [5.41, 5.74) is 1.05. The predicted molar refractivity (Wildman–Crippen MR) is 66.5 cm³/mol. The smallest absolute Gasteiger partial charge is 0.134 e. The van der Waals surface area contributed by atoms with E-state index in [0.717, 1.165) is 35.2 Å². The van der Waals surface area contributed by atoms with Crippen LogP contribution in [0.25, 0.3) is 11.3 Å². The molecule has 3 heteroatoms. The molecule has 0 aliphatic rings. The number of nitrogens with one attached hydrogen (secondary N) is 1. The van der Waals surface area contributed by atoms with Crippen LogP contribution in [0.4, 0.5) is 0 Å². The number of benzene rings is 1. The Morgan fingerprint density at radius 1 is 1.12 bits per heavy atom. The SMILES string of the molecule is CCNCc1ccc(-c2ccc(Cl)cc2)o1. The van der Waals surface area contributed by atoms with Crippen molar-refractivity contribution < 1.29 is 4.42 Å². The van der Waals surface area contributed by atoms with E-state index < -0.39 is 0 Å². The van der Waals surface area contributed by atoms with Crippen molar-refractivity contribution in [3.8, 4) is 11.3 Å². The van der Waals surface area contributed by atoms with Crippen molar-refractivity contribution in [3.63, 3.8) is 0 Å². The highest BCUT2D eigenvalue weighted by molar-refractivity contribution is 6.30. The van der Waals surface area contributed by atoms with Gasteiger partial charge in [-0.25, -0.2) is 0 Å². The van der Waals surface area contributed by atoms with Crippen LogP contribution in [0.5, 0.6) is 0 Å². The molecule has 2 nitrogen and oxygen atoms in total. The number of furan rings is 1. The molecular weight excluding hydrogens is 222 g/mol. The minimum absolute atomic E-state index is 0.739. The van der Waals surface area contributed by atoms with Crippen LogP contribution in [0.15, 0.2) is 40.8 Å². The van der Waals surface area contributed by atoms with Gasteiger partial charge in [0.15, 0.2) is 0 Å². The first kappa shape index (κ1) is 11.2. The lowest BCUT2D eigenvalue weighted by Gasteiger charge is -1.98. The summed E-state index contributed by atoms with van der Waals surface area (Å²) in [5.74, 6) is 1.83. The minimum atomic E-state index is 0.739. The Morgan fingerprint density at radius 3 is 2.56 bits per heavy atom. The van der Waals surface area contributed by atoms with Gasteiger partial charge in [-0.05, 0) is 42.9 Å². The highest BCUT2D eigenvalue weighted by atomic mass is 35.5. The van der Waals surface area contributed by atoms with E-state index in [0.29, 0.717) is 0 Å². The molecule has 0 atom stereocenters. The number of rotatable bonds is 4. The lowest BCUT2D eigenvalue weighted by atomic mass is 10.2. The van der Waals surface area contributed by atoms with E-state index in [1.54, 1.807) is 0 Å². The van der Waals surface area contributed by atoms with Gasteiger partial charge in [0.05, 0.1) is 6.54 Å². The predicted octanol–water partition coefficient (Wildman–Crippen LogP) is 3.71. The van der Waals surface area contributed by atoms with Crippen molar-refractivity contribution in [2.45, 2.75) is 13.5 Å². The van der Waals surface area contributed by atoms with Gasteiger partial charge in [-0.2, -0.15) is 0 Å². The second kappa shape index (κ2) is 5.19. The maximum Gasteiger partial charge on any atom is 0.134 e. The molecule has 0 saturated carbocycles. The van der Waals surface area contributed by atoms with Crippen LogP contribution in [0.2, 0.25) is 5.02 Å². The van der Waals surface area contributed by atoms with Crippen LogP contribution in [0.1, 0.15) is 12.7 Å². The quantitative estimate of drug-likeness (QED) is 0.874. The van der Waals surface area contributed by atoms with Gasteiger partial charge in [-0.15, -0.1) is 0 Å². The standard InChI is InChI=1S/C13H14ClNO/c1-2-15-9-12-7-8-13(16-12)10-3-5-11(14)6-4-10/h3-8,15H,2,9H2,1H3. The molecule has 0 unspecified atom stereocenters. The van der Waals surface area contributed by atoms with Gasteiger partial charge >= 0.3 is 0 Å². The first-order valence-electron chi connectivity index (χ1n) is 5.35. The van der Waals surface area contributed by atoms with Gasteiger partial charge < -0.3 is 9.73 Å². The molecular formula is C13H14ClNO. The third kappa shape index (κ3) is 2.65. The Hall–Kier alpha value is -1.25. The maximum absolute atomic E-state index is 5.83. The fourth-order valence-electron chi connectivity index (χ4n) is 1.49. The highest BCUT2D eigenvalue weighted by Gasteiger charge is 2.03. The summed E-state index contributed by atoms with van der Waals surface area (Å²) in [7, 11) is 0. The molecule has 1 N–H and O–H groups in total. The molecule has 1 aromatic heterocycles. The Kier molecular flexibility index (Phi) is 3.65. The van der Waals surface area contributed by atoms with E-state index in [9.17, 15) is 0 Å². The summed E-state index contributed by atoms with van der Waals surface area (Å²) < 4.78 is 5.71. The minimum Gasteiger partial charge on any atom is -0.460 e. The topological polar surface area (TPSA) is 25.2 Å². The largest absolute Gasteiger partial charge is 0.460 e. The molecule has 2 aromatic rings. The first-order valence-corrected chi connectivity index (χ1v) is 5.73. The fraction of sp³-hybridized carbons (Fsp3) is 0.231. The zero-order chi connectivity index (χ0) is 11.4. The summed E-state index contributed by atoms with van der Waals surface area (Å²) in [5, 5.41) is 3.96. The molecule has 0 aliphatic carbocycles. The van der Waals surface area contributed by atoms with Crippen molar-refractivity contribution in [1.29, 1.82) is 0 Å². The molecule has 1 aromatic carbocycles. The van der Waals surface area contributed by atoms with E-state index in [1.807, 2.05) is 36.4 Å². The van der Waals surface area contributed by atoms with Crippen molar-refractivity contribution >= 4 is 11.6 Å². The van der Waals surface area contributed by atoms with Crippen molar-refractivity contribution in [3.05, 3.63) is 47.2 Å². The molecule has 84 valence electrons. The van der Waals surface area contributed by atoms with Crippen LogP contribution in [0, 0.1) is 0 Å². The van der Waals surface area contributed by atoms with Gasteiger partial charge in [0.1, 0.15) is 11.5 Å². The molecule has 0 aliphatic heterocycles. The van der Waals surface area contributed by atoms with Crippen LogP contribution >= 0.6 is 11.6 Å². The molecule has 1 heterocycles. The number of hydrogen-bond acceptors (Lipinski definition) is 2. The average Bonchev–Trinajstić information content (AvgIpc) is 2.76. The average molecular weight is 236 g/mol. The fourth-order valence-corrected chi connectivity index (χ4v) is 1.62. The second-order valence-corrected chi connectivity index (χ2v) is 3.99. The molecule has 0 amide bonds. The lowest BCUT2D eigenvalue weighted by molar-refractivity contribution is 0.498. The van der Waals surface area contributed by atoms with Crippen molar-refractivity contribution in [1.82, 2.24) is 5.32 Å². The van der Waals surface area contributed by atoms with E-state index in [1.165, 1.54) is 0 Å². The van der Waals surface area contributed by atoms with Gasteiger partial charge in [-0.1, -0.05) is 18.5 Å². The number of halogens is 1. The monoisotopic (exact) mass is 235 g/mol. The van der Waals surface area contributed by atoms with E-state index >= 15 is 0 Å². The normalized spacial score (nSPS) is 10.6. The molecule has 0 spiro atoms. The molecule has 2 rings (SSSR count). The van der Waals surface area contributed by atoms with E-state index in [2.05, 4.69) is 12.2 Å². The summed E-state index contributed by atoms with van der Waals surface area (Å²) in [6.07, 6.45) is 0. The Bertz CT molecular complexity index is 447. The van der Waals surface area contributed by atoms with Gasteiger partial charge in [-0.3, -0.25) is 0 Å². The molecule has 0 fully saturated rings. The Labute approximate surface area is 100 Å². The Balaban J connectivity index is 2.15.